The first kappa shape index (κ1) is 20.7. The number of nitrogens with one attached hydrogen (secondary N) is 2. The van der Waals surface area contributed by atoms with Crippen molar-refractivity contribution in [3.05, 3.63) is 34.9 Å². The number of halogens is 1. The van der Waals surface area contributed by atoms with Crippen molar-refractivity contribution in [2.45, 2.75) is 52.1 Å². The van der Waals surface area contributed by atoms with Crippen molar-refractivity contribution in [2.24, 2.45) is 5.92 Å². The van der Waals surface area contributed by atoms with E-state index < -0.39 is 0 Å². The van der Waals surface area contributed by atoms with Crippen molar-refractivity contribution < 1.29 is 9.59 Å². The standard InChI is InChI=1S/C20H30ClN3O2/c1-3-5-19(25)22-13-17-6-4-11-24(14-17)15(2)20(26)23-12-16-7-9-18(21)10-8-16/h7-10,15,17H,3-6,11-14H2,1-2H3,(H,22,25)(H,23,26). The molecule has 2 N–H and O–H groups in total. The van der Waals surface area contributed by atoms with E-state index in [1.54, 1.807) is 0 Å². The summed E-state index contributed by atoms with van der Waals surface area (Å²) in [5.74, 6) is 0.574. The number of amides is 2. The number of likely N-dealkylation sites (tertiary alicyclic amines) is 1. The zero-order valence-corrected chi connectivity index (χ0v) is 16.5. The molecule has 1 aromatic carbocycles. The third-order valence-corrected chi connectivity index (χ3v) is 5.17. The fourth-order valence-electron chi connectivity index (χ4n) is 3.29. The molecule has 26 heavy (non-hydrogen) atoms. The Morgan fingerprint density at radius 3 is 2.69 bits per heavy atom. The van der Waals surface area contributed by atoms with Gasteiger partial charge in [0.2, 0.25) is 11.8 Å². The lowest BCUT2D eigenvalue weighted by molar-refractivity contribution is -0.127. The number of hydrogen-bond acceptors (Lipinski definition) is 3. The first-order chi connectivity index (χ1) is 12.5. The van der Waals surface area contributed by atoms with E-state index in [1.807, 2.05) is 38.1 Å². The monoisotopic (exact) mass is 379 g/mol. The highest BCUT2D eigenvalue weighted by atomic mass is 35.5. The fraction of sp³-hybridized carbons (Fsp3) is 0.600. The van der Waals surface area contributed by atoms with Crippen molar-refractivity contribution in [2.75, 3.05) is 19.6 Å². The second-order valence-electron chi connectivity index (χ2n) is 7.08. The predicted molar refractivity (Wildman–Crippen MR) is 105 cm³/mol. The topological polar surface area (TPSA) is 61.4 Å². The molecule has 144 valence electrons. The molecule has 1 heterocycles. The fourth-order valence-corrected chi connectivity index (χ4v) is 3.42. The number of carbonyl (C=O) groups is 2. The highest BCUT2D eigenvalue weighted by Crippen LogP contribution is 2.18. The normalized spacial score (nSPS) is 19.0. The summed E-state index contributed by atoms with van der Waals surface area (Å²) in [6.07, 6.45) is 3.61. The quantitative estimate of drug-likeness (QED) is 0.730. The van der Waals surface area contributed by atoms with Crippen LogP contribution in [0.5, 0.6) is 0 Å². The van der Waals surface area contributed by atoms with Gasteiger partial charge in [-0.1, -0.05) is 30.7 Å². The van der Waals surface area contributed by atoms with Crippen LogP contribution in [0.3, 0.4) is 0 Å². The Morgan fingerprint density at radius 1 is 1.27 bits per heavy atom. The van der Waals surface area contributed by atoms with Crippen LogP contribution in [-0.2, 0) is 16.1 Å². The number of nitrogens with zero attached hydrogens (tertiary/aromatic N) is 1. The molecule has 0 saturated carbocycles. The Labute approximate surface area is 161 Å². The van der Waals surface area contributed by atoms with Gasteiger partial charge in [0.25, 0.3) is 0 Å². The molecule has 1 aromatic rings. The van der Waals surface area contributed by atoms with Crippen LogP contribution < -0.4 is 10.6 Å². The van der Waals surface area contributed by atoms with E-state index in [0.717, 1.165) is 37.9 Å². The Kier molecular flexibility index (Phi) is 8.39. The van der Waals surface area contributed by atoms with Gasteiger partial charge in [0, 0.05) is 31.1 Å². The molecule has 0 aromatic heterocycles. The minimum atomic E-state index is -0.170. The minimum absolute atomic E-state index is 0.0376. The van der Waals surface area contributed by atoms with Gasteiger partial charge in [0.05, 0.1) is 6.04 Å². The lowest BCUT2D eigenvalue weighted by Crippen LogP contribution is -2.50. The van der Waals surface area contributed by atoms with Crippen molar-refractivity contribution >= 4 is 23.4 Å². The van der Waals surface area contributed by atoms with Crippen LogP contribution in [0.25, 0.3) is 0 Å². The van der Waals surface area contributed by atoms with E-state index in [0.29, 0.717) is 30.5 Å². The second-order valence-corrected chi connectivity index (χ2v) is 7.51. The van der Waals surface area contributed by atoms with E-state index in [9.17, 15) is 9.59 Å². The van der Waals surface area contributed by atoms with Gasteiger partial charge in [-0.15, -0.1) is 0 Å². The minimum Gasteiger partial charge on any atom is -0.356 e. The lowest BCUT2D eigenvalue weighted by atomic mass is 9.96. The third-order valence-electron chi connectivity index (χ3n) is 4.92. The molecule has 0 aliphatic carbocycles. The molecule has 1 fully saturated rings. The maximum Gasteiger partial charge on any atom is 0.237 e. The maximum atomic E-state index is 12.5. The number of piperidine rings is 1. The highest BCUT2D eigenvalue weighted by Gasteiger charge is 2.27. The summed E-state index contributed by atoms with van der Waals surface area (Å²) in [6, 6.07) is 7.33. The molecular weight excluding hydrogens is 350 g/mol. The van der Waals surface area contributed by atoms with Gasteiger partial charge in [-0.25, -0.2) is 0 Å². The van der Waals surface area contributed by atoms with E-state index in [2.05, 4.69) is 15.5 Å². The summed E-state index contributed by atoms with van der Waals surface area (Å²) in [6.45, 7) is 6.94. The molecule has 0 bridgehead atoms. The summed E-state index contributed by atoms with van der Waals surface area (Å²) >= 11 is 5.88. The molecule has 0 radical (unpaired) electrons. The molecule has 5 nitrogen and oxygen atoms in total. The smallest absolute Gasteiger partial charge is 0.237 e. The third kappa shape index (κ3) is 6.61. The number of benzene rings is 1. The maximum absolute atomic E-state index is 12.5. The zero-order chi connectivity index (χ0) is 18.9. The summed E-state index contributed by atoms with van der Waals surface area (Å²) < 4.78 is 0. The summed E-state index contributed by atoms with van der Waals surface area (Å²) in [7, 11) is 0. The van der Waals surface area contributed by atoms with Gasteiger partial charge in [-0.05, 0) is 56.3 Å². The van der Waals surface area contributed by atoms with Crippen LogP contribution >= 0.6 is 11.6 Å². The van der Waals surface area contributed by atoms with Gasteiger partial charge in [-0.3, -0.25) is 14.5 Å². The summed E-state index contributed by atoms with van der Waals surface area (Å²) in [4.78, 5) is 26.4. The van der Waals surface area contributed by atoms with Crippen molar-refractivity contribution in [3.8, 4) is 0 Å². The first-order valence-electron chi connectivity index (χ1n) is 9.52. The Hall–Kier alpha value is -1.59. The van der Waals surface area contributed by atoms with E-state index >= 15 is 0 Å². The molecule has 2 atom stereocenters. The Bertz CT molecular complexity index is 591. The first-order valence-corrected chi connectivity index (χ1v) is 9.90. The molecule has 6 heteroatoms. The van der Waals surface area contributed by atoms with Crippen LogP contribution in [-0.4, -0.2) is 42.4 Å². The van der Waals surface area contributed by atoms with Crippen molar-refractivity contribution in [1.29, 1.82) is 0 Å². The van der Waals surface area contributed by atoms with Gasteiger partial charge in [0.1, 0.15) is 0 Å². The summed E-state index contributed by atoms with van der Waals surface area (Å²) in [5.41, 5.74) is 1.03. The van der Waals surface area contributed by atoms with Crippen LogP contribution in [0.4, 0.5) is 0 Å². The van der Waals surface area contributed by atoms with Crippen LogP contribution in [0.2, 0.25) is 5.02 Å². The lowest BCUT2D eigenvalue weighted by Gasteiger charge is -2.36. The Balaban J connectivity index is 1.77. The average molecular weight is 380 g/mol. The van der Waals surface area contributed by atoms with E-state index in [1.165, 1.54) is 0 Å². The average Bonchev–Trinajstić information content (AvgIpc) is 2.65. The molecule has 2 rings (SSSR count). The number of hydrogen-bond donors (Lipinski definition) is 2. The van der Waals surface area contributed by atoms with Crippen LogP contribution in [0.15, 0.2) is 24.3 Å². The molecule has 0 spiro atoms. The van der Waals surface area contributed by atoms with Crippen LogP contribution in [0.1, 0.15) is 45.1 Å². The Morgan fingerprint density at radius 2 is 2.00 bits per heavy atom. The van der Waals surface area contributed by atoms with E-state index in [-0.39, 0.29) is 17.9 Å². The van der Waals surface area contributed by atoms with Crippen LogP contribution in [0, 0.1) is 5.92 Å². The molecule has 2 unspecified atom stereocenters. The van der Waals surface area contributed by atoms with Crippen molar-refractivity contribution in [1.82, 2.24) is 15.5 Å². The van der Waals surface area contributed by atoms with Gasteiger partial charge in [0.15, 0.2) is 0 Å². The number of carbonyl (C=O) groups excluding carboxylic acids is 2. The molecule has 1 aliphatic rings. The highest BCUT2D eigenvalue weighted by molar-refractivity contribution is 6.30. The van der Waals surface area contributed by atoms with Gasteiger partial charge in [-0.2, -0.15) is 0 Å². The molecule has 1 aliphatic heterocycles. The largest absolute Gasteiger partial charge is 0.356 e. The number of rotatable bonds is 8. The van der Waals surface area contributed by atoms with Crippen molar-refractivity contribution in [3.63, 3.8) is 0 Å². The molecular formula is C20H30ClN3O2. The second kappa shape index (κ2) is 10.5. The van der Waals surface area contributed by atoms with Gasteiger partial charge < -0.3 is 10.6 Å². The molecule has 2 amide bonds. The predicted octanol–water partition coefficient (Wildman–Crippen LogP) is 2.97. The zero-order valence-electron chi connectivity index (χ0n) is 15.8. The van der Waals surface area contributed by atoms with Gasteiger partial charge >= 0.3 is 0 Å². The summed E-state index contributed by atoms with van der Waals surface area (Å²) in [5, 5.41) is 6.71. The van der Waals surface area contributed by atoms with E-state index in [4.69, 9.17) is 11.6 Å². The molecule has 1 saturated heterocycles. The SMILES string of the molecule is CCCC(=O)NCC1CCCN(C(C)C(=O)NCc2ccc(Cl)cc2)C1.